The number of carbonyl (C=O) groups is 2. The molecular formula is C15H18N4O2. The lowest BCUT2D eigenvalue weighted by Crippen LogP contribution is -2.28. The molecule has 6 nitrogen and oxygen atoms in total. The van der Waals surface area contributed by atoms with E-state index in [0.717, 1.165) is 23.9 Å². The fourth-order valence-corrected chi connectivity index (χ4v) is 2.16. The summed E-state index contributed by atoms with van der Waals surface area (Å²) in [5.74, 6) is -0.0558. The third-order valence-corrected chi connectivity index (χ3v) is 3.49. The zero-order chi connectivity index (χ0) is 14.7. The van der Waals surface area contributed by atoms with E-state index in [1.165, 1.54) is 0 Å². The molecule has 1 aromatic heterocycles. The minimum Gasteiger partial charge on any atom is -0.353 e. The highest BCUT2D eigenvalue weighted by molar-refractivity contribution is 5.97. The van der Waals surface area contributed by atoms with E-state index in [2.05, 4.69) is 20.6 Å². The number of amides is 2. The van der Waals surface area contributed by atoms with Crippen LogP contribution < -0.4 is 10.6 Å². The number of nitrogens with zero attached hydrogens (tertiary/aromatic N) is 1. The van der Waals surface area contributed by atoms with Crippen molar-refractivity contribution in [2.24, 2.45) is 0 Å². The van der Waals surface area contributed by atoms with Gasteiger partial charge >= 0.3 is 0 Å². The molecule has 0 radical (unpaired) electrons. The molecule has 1 aromatic carbocycles. The zero-order valence-corrected chi connectivity index (χ0v) is 11.7. The van der Waals surface area contributed by atoms with Crippen molar-refractivity contribution in [2.75, 3.05) is 6.54 Å². The highest BCUT2D eigenvalue weighted by Gasteiger charge is 2.22. The van der Waals surface area contributed by atoms with Crippen molar-refractivity contribution < 1.29 is 9.59 Å². The molecule has 21 heavy (non-hydrogen) atoms. The van der Waals surface area contributed by atoms with E-state index in [4.69, 9.17) is 0 Å². The third kappa shape index (κ3) is 3.59. The van der Waals surface area contributed by atoms with E-state index in [9.17, 15) is 9.59 Å². The molecule has 6 heteroatoms. The van der Waals surface area contributed by atoms with Crippen molar-refractivity contribution in [3.63, 3.8) is 0 Å². The van der Waals surface area contributed by atoms with Crippen LogP contribution in [0.25, 0.3) is 11.0 Å². The van der Waals surface area contributed by atoms with Crippen LogP contribution in [0.3, 0.4) is 0 Å². The van der Waals surface area contributed by atoms with E-state index in [-0.39, 0.29) is 11.8 Å². The number of benzene rings is 1. The first-order chi connectivity index (χ1) is 10.2. The number of imidazole rings is 1. The Labute approximate surface area is 122 Å². The number of hydrogen-bond acceptors (Lipinski definition) is 3. The maximum Gasteiger partial charge on any atom is 0.251 e. The number of carbonyl (C=O) groups excluding carboxylic acids is 2. The Kier molecular flexibility index (Phi) is 3.85. The first-order valence-electron chi connectivity index (χ1n) is 7.23. The van der Waals surface area contributed by atoms with Gasteiger partial charge in [-0.05, 0) is 37.5 Å². The number of H-pyrrole nitrogens is 1. The van der Waals surface area contributed by atoms with Crippen molar-refractivity contribution in [1.29, 1.82) is 0 Å². The first kappa shape index (κ1) is 13.6. The Balaban J connectivity index is 1.43. The van der Waals surface area contributed by atoms with Crippen molar-refractivity contribution in [3.05, 3.63) is 30.1 Å². The van der Waals surface area contributed by atoms with Gasteiger partial charge in [-0.25, -0.2) is 4.98 Å². The summed E-state index contributed by atoms with van der Waals surface area (Å²) < 4.78 is 0. The van der Waals surface area contributed by atoms with Gasteiger partial charge in [0.25, 0.3) is 5.91 Å². The van der Waals surface area contributed by atoms with Crippen LogP contribution in [0, 0.1) is 0 Å². The molecule has 110 valence electrons. The van der Waals surface area contributed by atoms with E-state index < -0.39 is 0 Å². The summed E-state index contributed by atoms with van der Waals surface area (Å²) in [6, 6.07) is 5.73. The minimum atomic E-state index is -0.130. The summed E-state index contributed by atoms with van der Waals surface area (Å²) in [5, 5.41) is 5.76. The van der Waals surface area contributed by atoms with Crippen molar-refractivity contribution >= 4 is 22.8 Å². The number of nitrogens with one attached hydrogen (secondary N) is 3. The molecule has 1 heterocycles. The maximum atomic E-state index is 12.0. The second-order valence-corrected chi connectivity index (χ2v) is 5.34. The van der Waals surface area contributed by atoms with E-state index in [0.29, 0.717) is 31.0 Å². The van der Waals surface area contributed by atoms with Crippen LogP contribution in [0.2, 0.25) is 0 Å². The van der Waals surface area contributed by atoms with E-state index in [1.807, 2.05) is 6.07 Å². The van der Waals surface area contributed by atoms with Gasteiger partial charge < -0.3 is 15.6 Å². The summed E-state index contributed by atoms with van der Waals surface area (Å²) >= 11 is 0. The average molecular weight is 286 g/mol. The third-order valence-electron chi connectivity index (χ3n) is 3.49. The molecule has 0 atom stereocenters. The van der Waals surface area contributed by atoms with Crippen LogP contribution in [0.15, 0.2) is 24.5 Å². The topological polar surface area (TPSA) is 86.9 Å². The summed E-state index contributed by atoms with van der Waals surface area (Å²) in [4.78, 5) is 30.6. The van der Waals surface area contributed by atoms with E-state index in [1.54, 1.807) is 18.5 Å². The van der Waals surface area contributed by atoms with Gasteiger partial charge in [-0.3, -0.25) is 9.59 Å². The largest absolute Gasteiger partial charge is 0.353 e. The highest BCUT2D eigenvalue weighted by atomic mass is 16.2. The molecule has 0 aliphatic heterocycles. The lowest BCUT2D eigenvalue weighted by Gasteiger charge is -2.06. The Morgan fingerprint density at radius 3 is 3.00 bits per heavy atom. The number of aromatic nitrogens is 2. The lowest BCUT2D eigenvalue weighted by atomic mass is 10.2. The summed E-state index contributed by atoms with van der Waals surface area (Å²) in [6.45, 7) is 0.498. The standard InChI is InChI=1S/C15H18N4O2/c20-14(19-11-4-5-11)2-1-7-16-15(21)10-3-6-12-13(8-10)18-9-17-12/h3,6,8-9,11H,1-2,4-5,7H2,(H,16,21)(H,17,18)(H,19,20). The second-order valence-electron chi connectivity index (χ2n) is 5.34. The van der Waals surface area contributed by atoms with Crippen molar-refractivity contribution in [2.45, 2.75) is 31.7 Å². The fourth-order valence-electron chi connectivity index (χ4n) is 2.16. The van der Waals surface area contributed by atoms with Gasteiger partial charge in [0.05, 0.1) is 17.4 Å². The van der Waals surface area contributed by atoms with Gasteiger partial charge in [0.1, 0.15) is 0 Å². The maximum absolute atomic E-state index is 12.0. The van der Waals surface area contributed by atoms with Crippen LogP contribution in [0.4, 0.5) is 0 Å². The Morgan fingerprint density at radius 1 is 1.33 bits per heavy atom. The Bertz CT molecular complexity index is 660. The second kappa shape index (κ2) is 5.95. The SMILES string of the molecule is O=C(CCCNC(=O)c1ccc2nc[nH]c2c1)NC1CC1. The van der Waals surface area contributed by atoms with Gasteiger partial charge in [-0.2, -0.15) is 0 Å². The van der Waals surface area contributed by atoms with Gasteiger partial charge in [-0.15, -0.1) is 0 Å². The summed E-state index contributed by atoms with van der Waals surface area (Å²) in [7, 11) is 0. The number of fused-ring (bicyclic) bond motifs is 1. The molecular weight excluding hydrogens is 268 g/mol. The minimum absolute atomic E-state index is 0.0747. The van der Waals surface area contributed by atoms with Crippen LogP contribution >= 0.6 is 0 Å². The first-order valence-corrected chi connectivity index (χ1v) is 7.23. The summed E-state index contributed by atoms with van der Waals surface area (Å²) in [6.07, 6.45) is 4.90. The van der Waals surface area contributed by atoms with Crippen LogP contribution in [-0.4, -0.2) is 34.4 Å². The van der Waals surface area contributed by atoms with Gasteiger partial charge in [-0.1, -0.05) is 0 Å². The van der Waals surface area contributed by atoms with Gasteiger partial charge in [0.15, 0.2) is 0 Å². The average Bonchev–Trinajstić information content (AvgIpc) is 3.16. The van der Waals surface area contributed by atoms with Crippen LogP contribution in [0.5, 0.6) is 0 Å². The molecule has 0 unspecified atom stereocenters. The molecule has 2 amide bonds. The number of rotatable bonds is 6. The lowest BCUT2D eigenvalue weighted by molar-refractivity contribution is -0.121. The van der Waals surface area contributed by atoms with E-state index >= 15 is 0 Å². The van der Waals surface area contributed by atoms with Crippen molar-refractivity contribution in [3.8, 4) is 0 Å². The normalized spacial score (nSPS) is 14.1. The molecule has 1 aliphatic rings. The number of aromatic amines is 1. The molecule has 0 bridgehead atoms. The molecule has 2 aromatic rings. The molecule has 1 aliphatic carbocycles. The molecule has 1 saturated carbocycles. The zero-order valence-electron chi connectivity index (χ0n) is 11.7. The molecule has 3 rings (SSSR count). The summed E-state index contributed by atoms with van der Waals surface area (Å²) in [5.41, 5.74) is 2.27. The predicted molar refractivity (Wildman–Crippen MR) is 78.8 cm³/mol. The molecule has 0 saturated heterocycles. The molecule has 3 N–H and O–H groups in total. The smallest absolute Gasteiger partial charge is 0.251 e. The Hall–Kier alpha value is -2.37. The molecule has 0 spiro atoms. The van der Waals surface area contributed by atoms with Crippen LogP contribution in [0.1, 0.15) is 36.0 Å². The number of hydrogen-bond donors (Lipinski definition) is 3. The molecule has 1 fully saturated rings. The van der Waals surface area contributed by atoms with Crippen LogP contribution in [-0.2, 0) is 4.79 Å². The predicted octanol–water partition coefficient (Wildman–Crippen LogP) is 1.35. The quantitative estimate of drug-likeness (QED) is 0.701. The fraction of sp³-hybridized carbons (Fsp3) is 0.400. The highest BCUT2D eigenvalue weighted by Crippen LogP contribution is 2.18. The van der Waals surface area contributed by atoms with Gasteiger partial charge in [0, 0.05) is 24.6 Å². The monoisotopic (exact) mass is 286 g/mol. The Morgan fingerprint density at radius 2 is 2.19 bits per heavy atom. The van der Waals surface area contributed by atoms with Crippen molar-refractivity contribution in [1.82, 2.24) is 20.6 Å². The van der Waals surface area contributed by atoms with Gasteiger partial charge in [0.2, 0.25) is 5.91 Å².